The van der Waals surface area contributed by atoms with Gasteiger partial charge in [0.15, 0.2) is 0 Å². The van der Waals surface area contributed by atoms with Crippen molar-refractivity contribution in [1.82, 2.24) is 24.7 Å². The molecule has 1 amide bonds. The second-order valence-corrected chi connectivity index (χ2v) is 12.4. The van der Waals surface area contributed by atoms with Crippen LogP contribution < -0.4 is 14.9 Å². The van der Waals surface area contributed by atoms with Crippen molar-refractivity contribution in [3.8, 4) is 0 Å². The number of amides is 1. The molecule has 1 aliphatic carbocycles. The summed E-state index contributed by atoms with van der Waals surface area (Å²) >= 11 is 0. The van der Waals surface area contributed by atoms with Gasteiger partial charge in [-0.25, -0.2) is 13.1 Å². The van der Waals surface area contributed by atoms with Crippen molar-refractivity contribution in [3.63, 3.8) is 0 Å². The summed E-state index contributed by atoms with van der Waals surface area (Å²) in [4.78, 5) is 16.8. The molecule has 3 heterocycles. The van der Waals surface area contributed by atoms with Gasteiger partial charge in [0.25, 0.3) is 0 Å². The van der Waals surface area contributed by atoms with Crippen LogP contribution in [0.3, 0.4) is 0 Å². The number of hydrogen-bond donors (Lipinski definition) is 2. The Morgan fingerprint density at radius 1 is 1.24 bits per heavy atom. The van der Waals surface area contributed by atoms with Gasteiger partial charge < -0.3 is 15.1 Å². The average Bonchev–Trinajstić information content (AvgIpc) is 3.18. The number of nitrogens with zero attached hydrogens (tertiary/aromatic N) is 4. The Morgan fingerprint density at radius 3 is 2.59 bits per heavy atom. The van der Waals surface area contributed by atoms with Crippen molar-refractivity contribution in [2.45, 2.75) is 57.0 Å². The number of nitrogens with one attached hydrogen (secondary N) is 2. The van der Waals surface area contributed by atoms with E-state index in [2.05, 4.69) is 20.0 Å². The van der Waals surface area contributed by atoms with E-state index in [1.165, 1.54) is 0 Å². The first-order chi connectivity index (χ1) is 16.2. The Kier molecular flexibility index (Phi) is 6.10. The molecular weight excluding hydrogens is 452 g/mol. The summed E-state index contributed by atoms with van der Waals surface area (Å²) < 4.78 is 31.5. The molecule has 1 aromatic carbocycles. The van der Waals surface area contributed by atoms with Crippen molar-refractivity contribution in [2.75, 3.05) is 44.2 Å². The monoisotopic (exact) mass is 488 g/mol. The number of rotatable bonds is 7. The first-order valence-corrected chi connectivity index (χ1v) is 13.9. The van der Waals surface area contributed by atoms with Crippen molar-refractivity contribution < 1.29 is 13.2 Å². The van der Waals surface area contributed by atoms with E-state index in [4.69, 9.17) is 0 Å². The summed E-state index contributed by atoms with van der Waals surface area (Å²) in [5.74, 6) is 0.631. The zero-order valence-electron chi connectivity index (χ0n) is 20.4. The summed E-state index contributed by atoms with van der Waals surface area (Å²) in [6.45, 7) is 11.1. The van der Waals surface area contributed by atoms with Crippen LogP contribution in [0, 0.1) is 11.8 Å². The van der Waals surface area contributed by atoms with Gasteiger partial charge in [-0.05, 0) is 57.3 Å². The van der Waals surface area contributed by atoms with Gasteiger partial charge in [-0.3, -0.25) is 9.48 Å². The maximum atomic E-state index is 13.3. The third kappa shape index (κ3) is 4.67. The van der Waals surface area contributed by atoms with Gasteiger partial charge in [0.2, 0.25) is 15.9 Å². The highest BCUT2D eigenvalue weighted by atomic mass is 32.2. The lowest BCUT2D eigenvalue weighted by Crippen LogP contribution is -2.50. The molecule has 10 heteroatoms. The minimum Gasteiger partial charge on any atom is -0.367 e. The van der Waals surface area contributed by atoms with Crippen LogP contribution in [-0.4, -0.2) is 73.8 Å². The van der Waals surface area contributed by atoms with Crippen molar-refractivity contribution in [1.29, 1.82) is 0 Å². The van der Waals surface area contributed by atoms with Gasteiger partial charge in [-0.15, -0.1) is 0 Å². The molecular formula is C24H36N6O3S. The summed E-state index contributed by atoms with van der Waals surface area (Å²) in [6.07, 6.45) is 4.68. The molecule has 0 bridgehead atoms. The Morgan fingerprint density at radius 2 is 1.97 bits per heavy atom. The lowest BCUT2D eigenvalue weighted by molar-refractivity contribution is -0.134. The van der Waals surface area contributed by atoms with Gasteiger partial charge in [-0.1, -0.05) is 13.8 Å². The number of hydrogen-bond acceptors (Lipinski definition) is 6. The number of piperazine rings is 1. The first kappa shape index (κ1) is 23.6. The highest BCUT2D eigenvalue weighted by Gasteiger charge is 2.41. The molecule has 186 valence electrons. The van der Waals surface area contributed by atoms with Crippen LogP contribution in [0.15, 0.2) is 23.2 Å². The number of benzene rings is 1. The molecule has 2 aromatic rings. The summed E-state index contributed by atoms with van der Waals surface area (Å²) in [5.41, 5.74) is 1.39. The van der Waals surface area contributed by atoms with Crippen molar-refractivity contribution in [2.24, 2.45) is 11.8 Å². The topological polar surface area (TPSA) is 99.6 Å². The van der Waals surface area contributed by atoms with Crippen LogP contribution in [-0.2, 0) is 21.4 Å². The van der Waals surface area contributed by atoms with Crippen molar-refractivity contribution >= 4 is 32.5 Å². The molecule has 0 spiro atoms. The quantitative estimate of drug-likeness (QED) is 0.616. The normalized spacial score (nSPS) is 22.6. The van der Waals surface area contributed by atoms with E-state index in [-0.39, 0.29) is 22.3 Å². The van der Waals surface area contributed by atoms with Gasteiger partial charge in [0, 0.05) is 55.3 Å². The first-order valence-electron chi connectivity index (χ1n) is 12.4. The zero-order chi connectivity index (χ0) is 24.1. The highest BCUT2D eigenvalue weighted by molar-refractivity contribution is 7.89. The standard InChI is InChI=1S/C24H36N6O3S/c1-17(2)23(31)29-10-8-28(9-11-29)21-12-19(34(32,33)27-24(3)5-6-24)13-22-20(21)15-26-30(22)16-18-4-7-25-14-18/h12-13,15,17-18,25,27H,4-11,14,16H2,1-3H3. The minimum absolute atomic E-state index is 0.0232. The third-order valence-electron chi connectivity index (χ3n) is 7.42. The number of aromatic nitrogens is 2. The molecule has 1 atom stereocenters. The maximum absolute atomic E-state index is 13.3. The SMILES string of the molecule is CC(C)C(=O)N1CCN(c2cc(S(=O)(=O)NC3(C)CC3)cc3c2cnn3CC2CCNC2)CC1. The summed E-state index contributed by atoms with van der Waals surface area (Å²) in [6, 6.07) is 3.57. The highest BCUT2D eigenvalue weighted by Crippen LogP contribution is 2.37. The molecule has 5 rings (SSSR count). The van der Waals surface area contributed by atoms with E-state index in [0.29, 0.717) is 32.1 Å². The zero-order valence-corrected chi connectivity index (χ0v) is 21.2. The molecule has 1 unspecified atom stereocenters. The van der Waals surface area contributed by atoms with Crippen LogP contribution in [0.1, 0.15) is 40.0 Å². The van der Waals surface area contributed by atoms with Crippen LogP contribution >= 0.6 is 0 Å². The van der Waals surface area contributed by atoms with Crippen LogP contribution in [0.2, 0.25) is 0 Å². The average molecular weight is 489 g/mol. The predicted octanol–water partition coefficient (Wildman–Crippen LogP) is 1.78. The fourth-order valence-electron chi connectivity index (χ4n) is 5.02. The van der Waals surface area contributed by atoms with E-state index in [0.717, 1.165) is 55.5 Å². The number of sulfonamides is 1. The van der Waals surface area contributed by atoms with Crippen molar-refractivity contribution in [3.05, 3.63) is 18.3 Å². The maximum Gasteiger partial charge on any atom is 0.241 e. The third-order valence-corrected chi connectivity index (χ3v) is 9.04. The van der Waals surface area contributed by atoms with Gasteiger partial charge in [-0.2, -0.15) is 5.10 Å². The molecule has 1 saturated carbocycles. The number of fused-ring (bicyclic) bond motifs is 1. The molecule has 2 saturated heterocycles. The Balaban J connectivity index is 1.49. The molecule has 2 N–H and O–H groups in total. The summed E-state index contributed by atoms with van der Waals surface area (Å²) in [7, 11) is -3.66. The van der Waals surface area contributed by atoms with E-state index in [1.807, 2.05) is 36.5 Å². The fourth-order valence-corrected chi connectivity index (χ4v) is 6.52. The summed E-state index contributed by atoms with van der Waals surface area (Å²) in [5, 5.41) is 9.04. The molecule has 3 fully saturated rings. The predicted molar refractivity (Wildman–Crippen MR) is 132 cm³/mol. The van der Waals surface area contributed by atoms with E-state index in [1.54, 1.807) is 12.1 Å². The van der Waals surface area contributed by atoms with Gasteiger partial charge in [0.1, 0.15) is 0 Å². The van der Waals surface area contributed by atoms with Gasteiger partial charge >= 0.3 is 0 Å². The number of anilines is 1. The van der Waals surface area contributed by atoms with E-state index in [9.17, 15) is 13.2 Å². The smallest absolute Gasteiger partial charge is 0.241 e. The molecule has 2 aliphatic heterocycles. The number of carbonyl (C=O) groups excluding carboxylic acids is 1. The fraction of sp³-hybridized carbons (Fsp3) is 0.667. The molecule has 0 radical (unpaired) electrons. The second kappa shape index (κ2) is 8.80. The Labute approximate surface area is 201 Å². The van der Waals surface area contributed by atoms with Crippen LogP contribution in [0.5, 0.6) is 0 Å². The molecule has 9 nitrogen and oxygen atoms in total. The van der Waals surface area contributed by atoms with E-state index >= 15 is 0 Å². The van der Waals surface area contributed by atoms with Crippen LogP contribution in [0.25, 0.3) is 10.9 Å². The lowest BCUT2D eigenvalue weighted by atomic mass is 10.1. The molecule has 34 heavy (non-hydrogen) atoms. The lowest BCUT2D eigenvalue weighted by Gasteiger charge is -2.37. The van der Waals surface area contributed by atoms with Gasteiger partial charge in [0.05, 0.1) is 16.6 Å². The molecule has 1 aromatic heterocycles. The second-order valence-electron chi connectivity index (χ2n) is 10.7. The Hall–Kier alpha value is -2.17. The van der Waals surface area contributed by atoms with Crippen LogP contribution in [0.4, 0.5) is 5.69 Å². The van der Waals surface area contributed by atoms with E-state index < -0.39 is 10.0 Å². The minimum atomic E-state index is -3.66. The molecule has 3 aliphatic rings. The number of carbonyl (C=O) groups is 1. The Bertz CT molecular complexity index is 1170. The largest absolute Gasteiger partial charge is 0.367 e.